The van der Waals surface area contributed by atoms with Crippen molar-refractivity contribution in [1.82, 2.24) is 0 Å². The molecular formula is C30H46O5Zr. The number of hydrogen-bond acceptors (Lipinski definition) is 4. The number of carbonyl (C=O) groups is 2. The van der Waals surface area contributed by atoms with Crippen LogP contribution in [-0.2, 0) is 35.7 Å². The molecule has 2 aromatic rings. The third-order valence-electron chi connectivity index (χ3n) is 5.50. The Labute approximate surface area is 237 Å². The second-order valence-corrected chi connectivity index (χ2v) is 8.51. The second kappa shape index (κ2) is 26.3. The van der Waals surface area contributed by atoms with Crippen molar-refractivity contribution in [2.75, 3.05) is 13.2 Å². The van der Waals surface area contributed by atoms with Crippen LogP contribution in [0.3, 0.4) is 0 Å². The summed E-state index contributed by atoms with van der Waals surface area (Å²) >= 11 is 0. The Morgan fingerprint density at radius 2 is 0.833 bits per heavy atom. The Hall–Kier alpha value is -1.78. The molecule has 0 amide bonds. The molecule has 0 aliphatic heterocycles. The Kier molecular flexibility index (Phi) is 26.6. The smallest absolute Gasteiger partial charge is 0.339 e. The van der Waals surface area contributed by atoms with E-state index in [-0.39, 0.29) is 31.7 Å². The van der Waals surface area contributed by atoms with Gasteiger partial charge in [-0.05, 0) is 25.0 Å². The zero-order chi connectivity index (χ0) is 24.7. The van der Waals surface area contributed by atoms with Gasteiger partial charge in [0.2, 0.25) is 0 Å². The van der Waals surface area contributed by atoms with E-state index >= 15 is 0 Å². The summed E-state index contributed by atoms with van der Waals surface area (Å²) < 4.78 is 10.7. The van der Waals surface area contributed by atoms with Gasteiger partial charge in [0, 0.05) is 26.2 Å². The van der Waals surface area contributed by atoms with Gasteiger partial charge in [-0.25, -0.2) is 9.59 Å². The molecule has 36 heavy (non-hydrogen) atoms. The van der Waals surface area contributed by atoms with Crippen LogP contribution in [0.5, 0.6) is 0 Å². The van der Waals surface area contributed by atoms with Crippen LogP contribution in [0.1, 0.15) is 112 Å². The minimum Gasteiger partial charge on any atom is -0.462 e. The maximum absolute atomic E-state index is 12.4. The van der Waals surface area contributed by atoms with E-state index < -0.39 is 11.9 Å². The van der Waals surface area contributed by atoms with Crippen molar-refractivity contribution in [2.45, 2.75) is 90.9 Å². The van der Waals surface area contributed by atoms with Crippen LogP contribution in [0.2, 0.25) is 0 Å². The predicted octanol–water partition coefficient (Wildman–Crippen LogP) is 7.58. The summed E-state index contributed by atoms with van der Waals surface area (Å²) in [6.07, 6.45) is 13.6. The second-order valence-electron chi connectivity index (χ2n) is 8.51. The van der Waals surface area contributed by atoms with E-state index in [9.17, 15) is 9.59 Å². The summed E-state index contributed by atoms with van der Waals surface area (Å²) in [4.78, 5) is 24.7. The fourth-order valence-corrected chi connectivity index (χ4v) is 3.47. The largest absolute Gasteiger partial charge is 0.462 e. The maximum Gasteiger partial charge on any atom is 0.339 e. The molecule has 2 rings (SSSR count). The van der Waals surface area contributed by atoms with E-state index in [0.717, 1.165) is 25.7 Å². The summed E-state index contributed by atoms with van der Waals surface area (Å²) in [6.45, 7) is 5.17. The van der Waals surface area contributed by atoms with Gasteiger partial charge < -0.3 is 14.9 Å². The van der Waals surface area contributed by atoms with E-state index in [4.69, 9.17) is 9.47 Å². The van der Waals surface area contributed by atoms with Crippen LogP contribution in [-0.4, -0.2) is 30.6 Å². The molecule has 0 heterocycles. The van der Waals surface area contributed by atoms with Gasteiger partial charge >= 0.3 is 11.9 Å². The van der Waals surface area contributed by atoms with Gasteiger partial charge in [-0.2, -0.15) is 0 Å². The van der Waals surface area contributed by atoms with E-state index in [1.54, 1.807) is 24.3 Å². The van der Waals surface area contributed by atoms with Crippen molar-refractivity contribution in [3.8, 4) is 0 Å². The monoisotopic (exact) mass is 576 g/mol. The third kappa shape index (κ3) is 18.5. The minimum absolute atomic E-state index is 0. The van der Waals surface area contributed by atoms with Crippen molar-refractivity contribution in [2.24, 2.45) is 0 Å². The van der Waals surface area contributed by atoms with Gasteiger partial charge in [0.05, 0.1) is 24.3 Å². The Bertz CT molecular complexity index is 691. The topological polar surface area (TPSA) is 84.1 Å². The normalized spacial score (nSPS) is 9.61. The molecule has 2 aromatic carbocycles. The third-order valence-corrected chi connectivity index (χ3v) is 5.50. The molecule has 2 N–H and O–H groups in total. The van der Waals surface area contributed by atoms with Crippen LogP contribution in [0.4, 0.5) is 0 Å². The SMILES string of the molecule is CCCCCCCCOC(=O)c1ccccc1C(=O)OCCCCCCCC.O.[Zr].c1ccccc1. The molecular weight excluding hydrogens is 532 g/mol. The molecule has 200 valence electrons. The molecule has 0 unspecified atom stereocenters. The first-order valence-corrected chi connectivity index (χ1v) is 13.1. The van der Waals surface area contributed by atoms with Crippen LogP contribution in [0.25, 0.3) is 0 Å². The van der Waals surface area contributed by atoms with Gasteiger partial charge in [0.15, 0.2) is 0 Å². The molecule has 0 aliphatic carbocycles. The van der Waals surface area contributed by atoms with Gasteiger partial charge in [0.25, 0.3) is 0 Å². The van der Waals surface area contributed by atoms with E-state index in [0.29, 0.717) is 24.3 Å². The number of ether oxygens (including phenoxy) is 2. The molecule has 0 spiro atoms. The summed E-state index contributed by atoms with van der Waals surface area (Å²) in [6, 6.07) is 18.7. The van der Waals surface area contributed by atoms with Crippen LogP contribution in [0.15, 0.2) is 60.7 Å². The Balaban J connectivity index is 0. The molecule has 0 atom stereocenters. The fraction of sp³-hybridized carbons (Fsp3) is 0.533. The minimum atomic E-state index is -0.444. The molecule has 0 radical (unpaired) electrons. The van der Waals surface area contributed by atoms with Crippen LogP contribution >= 0.6 is 0 Å². The van der Waals surface area contributed by atoms with Crippen molar-refractivity contribution in [3.05, 3.63) is 71.8 Å². The van der Waals surface area contributed by atoms with Crippen molar-refractivity contribution in [1.29, 1.82) is 0 Å². The first-order chi connectivity index (χ1) is 16.7. The Morgan fingerprint density at radius 3 is 1.17 bits per heavy atom. The quantitative estimate of drug-likeness (QED) is 0.152. The summed E-state index contributed by atoms with van der Waals surface area (Å²) in [5.74, 6) is -0.888. The molecule has 0 saturated heterocycles. The average Bonchev–Trinajstić information content (AvgIpc) is 2.88. The molecule has 0 aliphatic rings. The standard InChI is InChI=1S/C24H38O4.C6H6.H2O.Zr/c1-3-5-7-9-11-15-19-27-23(25)21-17-13-14-18-22(21)24(26)28-20-16-12-10-8-6-4-2;1-2-4-6-5-3-1;;/h13-14,17-18H,3-12,15-16,19-20H2,1-2H3;1-6H;1H2;. The fourth-order valence-electron chi connectivity index (χ4n) is 3.47. The Morgan fingerprint density at radius 1 is 0.528 bits per heavy atom. The molecule has 0 aromatic heterocycles. The van der Waals surface area contributed by atoms with Crippen LogP contribution < -0.4 is 0 Å². The number of benzene rings is 2. The van der Waals surface area contributed by atoms with E-state index in [2.05, 4.69) is 13.8 Å². The molecule has 0 bridgehead atoms. The zero-order valence-electron chi connectivity index (χ0n) is 22.3. The number of esters is 2. The van der Waals surface area contributed by atoms with Gasteiger partial charge in [0.1, 0.15) is 0 Å². The van der Waals surface area contributed by atoms with Gasteiger partial charge in [-0.1, -0.05) is 127 Å². The molecule has 5 nitrogen and oxygen atoms in total. The molecule has 6 heteroatoms. The van der Waals surface area contributed by atoms with E-state index in [1.165, 1.54) is 51.4 Å². The summed E-state index contributed by atoms with van der Waals surface area (Å²) in [5.41, 5.74) is 0.586. The average molecular weight is 578 g/mol. The molecule has 0 saturated carbocycles. The van der Waals surface area contributed by atoms with Crippen molar-refractivity contribution < 1.29 is 50.7 Å². The molecule has 0 fully saturated rings. The predicted molar refractivity (Wildman–Crippen MR) is 144 cm³/mol. The van der Waals surface area contributed by atoms with E-state index in [1.807, 2.05) is 36.4 Å². The van der Waals surface area contributed by atoms with Crippen molar-refractivity contribution in [3.63, 3.8) is 0 Å². The van der Waals surface area contributed by atoms with Crippen LogP contribution in [0, 0.1) is 0 Å². The maximum atomic E-state index is 12.4. The number of rotatable bonds is 16. The first-order valence-electron chi connectivity index (χ1n) is 13.1. The summed E-state index contributed by atoms with van der Waals surface area (Å²) in [7, 11) is 0. The summed E-state index contributed by atoms with van der Waals surface area (Å²) in [5, 5.41) is 0. The van der Waals surface area contributed by atoms with Crippen molar-refractivity contribution >= 4 is 11.9 Å². The number of hydrogen-bond donors (Lipinski definition) is 0. The number of unbranched alkanes of at least 4 members (excludes halogenated alkanes) is 10. The zero-order valence-corrected chi connectivity index (χ0v) is 24.8. The first kappa shape index (κ1) is 36.4. The van der Waals surface area contributed by atoms with Gasteiger partial charge in [-0.3, -0.25) is 0 Å². The number of carbonyl (C=O) groups excluding carboxylic acids is 2. The van der Waals surface area contributed by atoms with Gasteiger partial charge in [-0.15, -0.1) is 0 Å².